The van der Waals surface area contributed by atoms with Gasteiger partial charge >= 0.3 is 5.69 Å². The Morgan fingerprint density at radius 1 is 1.38 bits per heavy atom. The Balaban J connectivity index is 2.00. The van der Waals surface area contributed by atoms with Crippen LogP contribution in [0.2, 0.25) is 0 Å². The van der Waals surface area contributed by atoms with Crippen LogP contribution in [0, 0.1) is 6.92 Å². The Kier molecular flexibility index (Phi) is 4.12. The lowest BCUT2D eigenvalue weighted by molar-refractivity contribution is 0.0950. The first-order valence-electron chi connectivity index (χ1n) is 6.10. The summed E-state index contributed by atoms with van der Waals surface area (Å²) in [5.41, 5.74) is -1.28. The normalized spacial score (nSPS) is 10.3. The third kappa shape index (κ3) is 3.53. The first-order chi connectivity index (χ1) is 9.97. The summed E-state index contributed by atoms with van der Waals surface area (Å²) in [6, 6.07) is 1.38. The average molecular weight is 291 g/mol. The van der Waals surface area contributed by atoms with Crippen LogP contribution in [0.25, 0.3) is 0 Å². The maximum atomic E-state index is 11.7. The summed E-state index contributed by atoms with van der Waals surface area (Å²) in [6.45, 7) is 2.07. The van der Waals surface area contributed by atoms with E-state index >= 15 is 0 Å². The summed E-state index contributed by atoms with van der Waals surface area (Å²) in [4.78, 5) is 53.7. The van der Waals surface area contributed by atoms with Crippen LogP contribution in [-0.2, 0) is 6.54 Å². The summed E-state index contributed by atoms with van der Waals surface area (Å²) in [6.07, 6.45) is 2.42. The second-order valence-corrected chi connectivity index (χ2v) is 4.30. The molecule has 0 saturated heterocycles. The van der Waals surface area contributed by atoms with Gasteiger partial charge in [0.1, 0.15) is 5.56 Å². The van der Waals surface area contributed by atoms with E-state index in [4.69, 9.17) is 0 Å². The van der Waals surface area contributed by atoms with Crippen molar-refractivity contribution in [1.82, 2.24) is 24.8 Å². The largest absolute Gasteiger partial charge is 0.350 e. The number of hydrogen-bond donors (Lipinski definition) is 3. The van der Waals surface area contributed by atoms with Crippen LogP contribution in [0.4, 0.5) is 0 Å². The van der Waals surface area contributed by atoms with Crippen molar-refractivity contribution >= 4 is 5.91 Å². The molecule has 2 aromatic rings. The van der Waals surface area contributed by atoms with Gasteiger partial charge < -0.3 is 10.3 Å². The van der Waals surface area contributed by atoms with Gasteiger partial charge in [-0.3, -0.25) is 23.9 Å². The van der Waals surface area contributed by atoms with Gasteiger partial charge in [-0.25, -0.2) is 9.78 Å². The van der Waals surface area contributed by atoms with E-state index in [1.807, 2.05) is 4.98 Å². The molecule has 0 atom stereocenters. The molecule has 0 spiro atoms. The van der Waals surface area contributed by atoms with Crippen LogP contribution >= 0.6 is 0 Å². The van der Waals surface area contributed by atoms with Crippen molar-refractivity contribution in [3.05, 3.63) is 61.0 Å². The molecule has 0 fully saturated rings. The smallest absolute Gasteiger partial charge is 0.325 e. The molecule has 0 saturated carbocycles. The van der Waals surface area contributed by atoms with Crippen LogP contribution in [0.15, 0.2) is 33.0 Å². The summed E-state index contributed by atoms with van der Waals surface area (Å²) in [5.74, 6) is -0.638. The van der Waals surface area contributed by atoms with Crippen LogP contribution in [-0.4, -0.2) is 32.0 Å². The fourth-order valence-electron chi connectivity index (χ4n) is 1.65. The Morgan fingerprint density at radius 3 is 2.81 bits per heavy atom. The van der Waals surface area contributed by atoms with Gasteiger partial charge in [0, 0.05) is 31.0 Å². The zero-order valence-electron chi connectivity index (χ0n) is 11.2. The van der Waals surface area contributed by atoms with Crippen molar-refractivity contribution in [2.24, 2.45) is 0 Å². The number of amides is 1. The molecule has 0 aliphatic heterocycles. The summed E-state index contributed by atoms with van der Waals surface area (Å²) < 4.78 is 1.34. The predicted octanol–water partition coefficient (Wildman–Crippen LogP) is -1.64. The second-order valence-electron chi connectivity index (χ2n) is 4.30. The third-order valence-electron chi connectivity index (χ3n) is 2.72. The monoisotopic (exact) mass is 291 g/mol. The topological polar surface area (TPSA) is 130 Å². The van der Waals surface area contributed by atoms with Gasteiger partial charge in [-0.2, -0.15) is 0 Å². The quantitative estimate of drug-likeness (QED) is 0.622. The fourth-order valence-corrected chi connectivity index (χ4v) is 1.65. The summed E-state index contributed by atoms with van der Waals surface area (Å²) in [5, 5.41) is 2.48. The molecular weight excluding hydrogens is 278 g/mol. The van der Waals surface area contributed by atoms with Crippen molar-refractivity contribution in [3.8, 4) is 0 Å². The maximum Gasteiger partial charge on any atom is 0.325 e. The minimum Gasteiger partial charge on any atom is -0.350 e. The van der Waals surface area contributed by atoms with Crippen LogP contribution < -0.4 is 22.1 Å². The molecular formula is C12H13N5O4. The van der Waals surface area contributed by atoms with Gasteiger partial charge in [0.25, 0.3) is 17.0 Å². The SMILES string of the molecule is Cc1cc(=O)n(CCNC(=O)c2c[nH]c(=O)[nH]c2=O)cn1. The molecule has 0 bridgehead atoms. The molecule has 9 nitrogen and oxygen atoms in total. The van der Waals surface area contributed by atoms with Crippen molar-refractivity contribution in [3.63, 3.8) is 0 Å². The van der Waals surface area contributed by atoms with Crippen LogP contribution in [0.1, 0.15) is 16.1 Å². The number of nitrogens with one attached hydrogen (secondary N) is 3. The molecule has 110 valence electrons. The molecule has 3 N–H and O–H groups in total. The summed E-state index contributed by atoms with van der Waals surface area (Å²) in [7, 11) is 0. The zero-order chi connectivity index (χ0) is 15.4. The number of aromatic nitrogens is 4. The molecule has 21 heavy (non-hydrogen) atoms. The highest BCUT2D eigenvalue weighted by Crippen LogP contribution is 1.87. The Morgan fingerprint density at radius 2 is 2.14 bits per heavy atom. The molecule has 0 aromatic carbocycles. The van der Waals surface area contributed by atoms with E-state index in [1.165, 1.54) is 17.0 Å². The van der Waals surface area contributed by atoms with E-state index in [2.05, 4.69) is 15.3 Å². The highest BCUT2D eigenvalue weighted by molar-refractivity contribution is 5.93. The van der Waals surface area contributed by atoms with E-state index in [0.29, 0.717) is 5.69 Å². The number of carbonyl (C=O) groups excluding carboxylic acids is 1. The first kappa shape index (κ1) is 14.4. The van der Waals surface area contributed by atoms with E-state index in [-0.39, 0.29) is 24.2 Å². The van der Waals surface area contributed by atoms with Crippen LogP contribution in [0.3, 0.4) is 0 Å². The lowest BCUT2D eigenvalue weighted by Crippen LogP contribution is -2.35. The lowest BCUT2D eigenvalue weighted by Gasteiger charge is -2.06. The minimum atomic E-state index is -0.773. The molecule has 2 aromatic heterocycles. The van der Waals surface area contributed by atoms with E-state index in [0.717, 1.165) is 6.20 Å². The van der Waals surface area contributed by atoms with E-state index in [1.54, 1.807) is 6.92 Å². The number of hydrogen-bond acceptors (Lipinski definition) is 5. The zero-order valence-corrected chi connectivity index (χ0v) is 11.2. The van der Waals surface area contributed by atoms with E-state index < -0.39 is 17.2 Å². The Hall–Kier alpha value is -2.97. The van der Waals surface area contributed by atoms with Crippen molar-refractivity contribution in [1.29, 1.82) is 0 Å². The van der Waals surface area contributed by atoms with Crippen LogP contribution in [0.5, 0.6) is 0 Å². The second kappa shape index (κ2) is 5.99. The fraction of sp³-hybridized carbons (Fsp3) is 0.250. The molecule has 0 unspecified atom stereocenters. The molecule has 9 heteroatoms. The maximum absolute atomic E-state index is 11.7. The minimum absolute atomic E-state index is 0.141. The van der Waals surface area contributed by atoms with Gasteiger partial charge in [-0.15, -0.1) is 0 Å². The number of rotatable bonds is 4. The number of H-pyrrole nitrogens is 2. The number of nitrogens with zero attached hydrogens (tertiary/aromatic N) is 2. The molecule has 0 aliphatic rings. The lowest BCUT2D eigenvalue weighted by atomic mass is 10.3. The van der Waals surface area contributed by atoms with Crippen molar-refractivity contribution < 1.29 is 4.79 Å². The predicted molar refractivity (Wildman–Crippen MR) is 73.3 cm³/mol. The van der Waals surface area contributed by atoms with Gasteiger partial charge in [0.15, 0.2) is 0 Å². The first-order valence-corrected chi connectivity index (χ1v) is 6.10. The molecule has 2 heterocycles. The molecule has 0 radical (unpaired) electrons. The van der Waals surface area contributed by atoms with Crippen molar-refractivity contribution in [2.45, 2.75) is 13.5 Å². The molecule has 2 rings (SSSR count). The number of carbonyl (C=O) groups is 1. The summed E-state index contributed by atoms with van der Waals surface area (Å²) >= 11 is 0. The van der Waals surface area contributed by atoms with Crippen molar-refractivity contribution in [2.75, 3.05) is 6.54 Å². The standard InChI is InChI=1S/C12H13N5O4/c1-7-4-9(18)17(6-15-7)3-2-13-10(19)8-5-14-12(21)16-11(8)20/h4-6H,2-3H2,1H3,(H,13,19)(H2,14,16,20,21). The highest BCUT2D eigenvalue weighted by atomic mass is 16.2. The van der Waals surface area contributed by atoms with Gasteiger partial charge in [-0.1, -0.05) is 0 Å². The molecule has 1 amide bonds. The number of aromatic amines is 2. The van der Waals surface area contributed by atoms with E-state index in [9.17, 15) is 19.2 Å². The molecule has 0 aliphatic carbocycles. The average Bonchev–Trinajstić information content (AvgIpc) is 2.41. The van der Waals surface area contributed by atoms with Gasteiger partial charge in [-0.05, 0) is 6.92 Å². The third-order valence-corrected chi connectivity index (χ3v) is 2.72. The highest BCUT2D eigenvalue weighted by Gasteiger charge is 2.10. The number of aryl methyl sites for hydroxylation is 1. The Labute approximate surface area is 117 Å². The van der Waals surface area contributed by atoms with Gasteiger partial charge in [0.05, 0.1) is 6.33 Å². The van der Waals surface area contributed by atoms with Gasteiger partial charge in [0.2, 0.25) is 0 Å². The Bertz CT molecular complexity index is 832.